The van der Waals surface area contributed by atoms with Gasteiger partial charge in [0.05, 0.1) is 18.1 Å². The molecular formula is C14H11ClN4O. The Bertz CT molecular complexity index is 899. The van der Waals surface area contributed by atoms with Gasteiger partial charge in [-0.25, -0.2) is 0 Å². The van der Waals surface area contributed by atoms with Crippen molar-refractivity contribution in [1.82, 2.24) is 19.6 Å². The third-order valence-electron chi connectivity index (χ3n) is 2.75. The maximum atomic E-state index is 12.0. The summed E-state index contributed by atoms with van der Waals surface area (Å²) < 4.78 is 23.9. The lowest BCUT2D eigenvalue weighted by atomic mass is 10.1. The molecule has 6 heteroatoms. The summed E-state index contributed by atoms with van der Waals surface area (Å²) >= 11 is 5.86. The molecule has 20 heavy (non-hydrogen) atoms. The molecule has 2 aromatic heterocycles. The average Bonchev–Trinajstić information content (AvgIpc) is 2.98. The van der Waals surface area contributed by atoms with Gasteiger partial charge in [0, 0.05) is 27.7 Å². The van der Waals surface area contributed by atoms with E-state index in [0.717, 1.165) is 14.9 Å². The normalized spacial score (nSPS) is 13.6. The Kier molecular flexibility index (Phi) is 2.34. The molecule has 3 rings (SSSR count). The lowest BCUT2D eigenvalue weighted by molar-refractivity contribution is 0.763. The number of hydrogen-bond acceptors (Lipinski definition) is 3. The Labute approximate surface area is 124 Å². The second-order valence-corrected chi connectivity index (χ2v) is 4.56. The zero-order valence-corrected chi connectivity index (χ0v) is 10.9. The van der Waals surface area contributed by atoms with E-state index in [1.807, 2.05) is 0 Å². The van der Waals surface area contributed by atoms with Crippen molar-refractivity contribution in [3.8, 4) is 16.9 Å². The molecule has 0 aliphatic rings. The Morgan fingerprint density at radius 2 is 2.00 bits per heavy atom. The molecular weight excluding hydrogens is 276 g/mol. The number of hydrogen-bond donors (Lipinski definition) is 0. The van der Waals surface area contributed by atoms with Gasteiger partial charge in [-0.15, -0.1) is 0 Å². The van der Waals surface area contributed by atoms with Crippen molar-refractivity contribution in [1.29, 1.82) is 0 Å². The van der Waals surface area contributed by atoms with Crippen LogP contribution in [0.4, 0.5) is 0 Å². The minimum absolute atomic E-state index is 0.280. The van der Waals surface area contributed by atoms with Gasteiger partial charge < -0.3 is 0 Å². The summed E-state index contributed by atoms with van der Waals surface area (Å²) in [5.41, 5.74) is 1.24. The van der Waals surface area contributed by atoms with Crippen molar-refractivity contribution in [2.45, 2.75) is 0 Å². The summed E-state index contributed by atoms with van der Waals surface area (Å²) in [4.78, 5) is 12.0. The van der Waals surface area contributed by atoms with Crippen LogP contribution >= 0.6 is 11.6 Å². The van der Waals surface area contributed by atoms with Crippen molar-refractivity contribution in [3.63, 3.8) is 0 Å². The molecule has 0 saturated heterocycles. The fourth-order valence-corrected chi connectivity index (χ4v) is 1.92. The number of halogens is 1. The molecule has 0 bridgehead atoms. The summed E-state index contributed by atoms with van der Waals surface area (Å²) in [6.07, 6.45) is 2.54. The van der Waals surface area contributed by atoms with Crippen LogP contribution < -0.4 is 5.56 Å². The molecule has 3 aromatic rings. The van der Waals surface area contributed by atoms with Gasteiger partial charge >= 0.3 is 0 Å². The molecule has 0 spiro atoms. The minimum Gasteiger partial charge on any atom is -0.274 e. The number of benzene rings is 1. The highest BCUT2D eigenvalue weighted by atomic mass is 35.5. The molecule has 0 aliphatic heterocycles. The van der Waals surface area contributed by atoms with Gasteiger partial charge in [-0.2, -0.15) is 14.9 Å². The molecule has 0 fully saturated rings. The van der Waals surface area contributed by atoms with E-state index in [0.29, 0.717) is 10.7 Å². The van der Waals surface area contributed by atoms with E-state index in [-0.39, 0.29) is 11.2 Å². The van der Waals surface area contributed by atoms with Crippen molar-refractivity contribution < 1.29 is 4.11 Å². The third kappa shape index (κ3) is 2.35. The Balaban J connectivity index is 2.06. The van der Waals surface area contributed by atoms with Crippen molar-refractivity contribution in [3.05, 3.63) is 64.2 Å². The van der Waals surface area contributed by atoms with E-state index in [2.05, 4.69) is 10.2 Å². The Morgan fingerprint density at radius 3 is 2.70 bits per heavy atom. The summed E-state index contributed by atoms with van der Waals surface area (Å²) in [5.74, 6) is 0. The van der Waals surface area contributed by atoms with E-state index in [1.54, 1.807) is 30.3 Å². The van der Waals surface area contributed by atoms with Crippen LogP contribution in [0.3, 0.4) is 0 Å². The number of aromatic nitrogens is 4. The van der Waals surface area contributed by atoms with Crippen molar-refractivity contribution in [2.24, 2.45) is 6.98 Å². The second kappa shape index (κ2) is 4.94. The van der Waals surface area contributed by atoms with Crippen LogP contribution in [0.2, 0.25) is 5.02 Å². The fourth-order valence-electron chi connectivity index (χ4n) is 1.79. The summed E-state index contributed by atoms with van der Waals surface area (Å²) in [7, 11) is 0. The van der Waals surface area contributed by atoms with Crippen LogP contribution in [0.15, 0.2) is 53.6 Å². The van der Waals surface area contributed by atoms with E-state index in [4.69, 9.17) is 15.7 Å². The molecule has 2 heterocycles. The van der Waals surface area contributed by atoms with Crippen LogP contribution in [-0.4, -0.2) is 19.6 Å². The average molecular weight is 290 g/mol. The maximum absolute atomic E-state index is 12.0. The zero-order valence-electron chi connectivity index (χ0n) is 13.2. The maximum Gasteiger partial charge on any atom is 0.271 e. The predicted molar refractivity (Wildman–Crippen MR) is 77.0 cm³/mol. The highest BCUT2D eigenvalue weighted by Gasteiger charge is 2.06. The molecule has 0 amide bonds. The Morgan fingerprint density at radius 1 is 1.20 bits per heavy atom. The van der Waals surface area contributed by atoms with Crippen LogP contribution in [0.5, 0.6) is 0 Å². The monoisotopic (exact) mass is 289 g/mol. The summed E-state index contributed by atoms with van der Waals surface area (Å²) in [6, 6.07) is 9.97. The molecule has 0 saturated carbocycles. The molecule has 5 nitrogen and oxygen atoms in total. The number of rotatable bonds is 2. The smallest absolute Gasteiger partial charge is 0.271 e. The largest absolute Gasteiger partial charge is 0.274 e. The quantitative estimate of drug-likeness (QED) is 0.727. The minimum atomic E-state index is -2.41. The van der Waals surface area contributed by atoms with Gasteiger partial charge in [0.15, 0.2) is 0 Å². The number of aryl methyl sites for hydroxylation is 1. The standard InChI is InChI=1S/C14H11ClN4O/c1-18-9-12(8-16-18)19-14(20)7-6-13(17-19)10-2-4-11(15)5-3-10/h2-9H,1H3/i1D3. The van der Waals surface area contributed by atoms with Crippen LogP contribution in [0, 0.1) is 0 Å². The molecule has 0 aliphatic carbocycles. The molecule has 0 radical (unpaired) electrons. The number of nitrogens with zero attached hydrogens (tertiary/aromatic N) is 4. The molecule has 1 aromatic carbocycles. The Hall–Kier alpha value is -2.40. The first-order valence-corrected chi connectivity index (χ1v) is 6.14. The van der Waals surface area contributed by atoms with Gasteiger partial charge in [0.1, 0.15) is 5.69 Å². The van der Waals surface area contributed by atoms with E-state index < -0.39 is 6.98 Å². The third-order valence-corrected chi connectivity index (χ3v) is 3.01. The first-order chi connectivity index (χ1) is 10.8. The van der Waals surface area contributed by atoms with Crippen LogP contribution in [0.1, 0.15) is 4.11 Å². The van der Waals surface area contributed by atoms with E-state index >= 15 is 0 Å². The molecule has 0 N–H and O–H groups in total. The molecule has 100 valence electrons. The van der Waals surface area contributed by atoms with Gasteiger partial charge in [-0.1, -0.05) is 23.7 Å². The first-order valence-electron chi connectivity index (χ1n) is 7.26. The lowest BCUT2D eigenvalue weighted by Gasteiger charge is -2.05. The topological polar surface area (TPSA) is 52.7 Å². The van der Waals surface area contributed by atoms with Gasteiger partial charge in [-0.05, 0) is 18.2 Å². The fraction of sp³-hybridized carbons (Fsp3) is 0.0714. The van der Waals surface area contributed by atoms with E-state index in [1.165, 1.54) is 18.5 Å². The van der Waals surface area contributed by atoms with Crippen molar-refractivity contribution >= 4 is 11.6 Å². The van der Waals surface area contributed by atoms with Crippen LogP contribution in [0.25, 0.3) is 16.9 Å². The van der Waals surface area contributed by atoms with Gasteiger partial charge in [-0.3, -0.25) is 9.48 Å². The van der Waals surface area contributed by atoms with Crippen molar-refractivity contribution in [2.75, 3.05) is 0 Å². The lowest BCUT2D eigenvalue weighted by Crippen LogP contribution is -2.19. The van der Waals surface area contributed by atoms with Gasteiger partial charge in [0.25, 0.3) is 5.56 Å². The van der Waals surface area contributed by atoms with E-state index in [9.17, 15) is 4.79 Å². The predicted octanol–water partition coefficient (Wildman–Crippen LogP) is 2.29. The van der Waals surface area contributed by atoms with Gasteiger partial charge in [0.2, 0.25) is 0 Å². The highest BCUT2D eigenvalue weighted by molar-refractivity contribution is 6.30. The molecule has 0 atom stereocenters. The first kappa shape index (κ1) is 9.50. The SMILES string of the molecule is [2H]C([2H])([2H])n1cc(-n2nc(-c3ccc(Cl)cc3)ccc2=O)cn1. The second-order valence-electron chi connectivity index (χ2n) is 4.12. The highest BCUT2D eigenvalue weighted by Crippen LogP contribution is 2.18. The zero-order chi connectivity index (χ0) is 16.6. The molecule has 0 unspecified atom stereocenters. The summed E-state index contributed by atoms with van der Waals surface area (Å²) in [5, 5.41) is 8.62. The summed E-state index contributed by atoms with van der Waals surface area (Å²) in [6.45, 7) is -2.41. The van der Waals surface area contributed by atoms with Crippen LogP contribution in [-0.2, 0) is 6.98 Å².